The molecule has 1 aromatic rings. The number of aromatic nitrogens is 3. The average molecular weight is 316 g/mol. The Labute approximate surface area is 130 Å². The third-order valence-electron chi connectivity index (χ3n) is 4.39. The number of nitrogens with zero attached hydrogens (tertiary/aromatic N) is 3. The van der Waals surface area contributed by atoms with Gasteiger partial charge in [-0.2, -0.15) is 5.10 Å². The summed E-state index contributed by atoms with van der Waals surface area (Å²) >= 11 is 0. The number of alkyl halides is 2. The fraction of sp³-hybridized carbons (Fsp3) is 0.867. The van der Waals surface area contributed by atoms with E-state index in [0.717, 1.165) is 19.3 Å². The Kier molecular flexibility index (Phi) is 5.17. The van der Waals surface area contributed by atoms with E-state index in [0.29, 0.717) is 18.3 Å². The molecule has 1 heterocycles. The van der Waals surface area contributed by atoms with Gasteiger partial charge in [0.1, 0.15) is 18.7 Å². The van der Waals surface area contributed by atoms with Crippen LogP contribution in [0.25, 0.3) is 0 Å². The molecule has 0 bridgehead atoms. The van der Waals surface area contributed by atoms with E-state index in [9.17, 15) is 13.9 Å². The zero-order valence-corrected chi connectivity index (χ0v) is 13.5. The third-order valence-corrected chi connectivity index (χ3v) is 4.39. The van der Waals surface area contributed by atoms with Gasteiger partial charge in [-0.25, -0.2) is 18.4 Å². The maximum absolute atomic E-state index is 12.5. The van der Waals surface area contributed by atoms with Crippen molar-refractivity contribution in [1.82, 2.24) is 20.1 Å². The SMILES string of the molecule is C[C@@H]1CC(C)(C)C[C@@](CO)(NCc2ncnn2CC(F)F)C1. The first-order valence-corrected chi connectivity index (χ1v) is 7.76. The molecular formula is C15H26F2N4O. The van der Waals surface area contributed by atoms with Crippen molar-refractivity contribution in [3.05, 3.63) is 12.2 Å². The smallest absolute Gasteiger partial charge is 0.257 e. The summed E-state index contributed by atoms with van der Waals surface area (Å²) < 4.78 is 26.3. The van der Waals surface area contributed by atoms with Crippen LogP contribution in [0.5, 0.6) is 0 Å². The zero-order valence-electron chi connectivity index (χ0n) is 13.5. The Morgan fingerprint density at radius 2 is 2.18 bits per heavy atom. The Morgan fingerprint density at radius 3 is 2.77 bits per heavy atom. The first-order valence-electron chi connectivity index (χ1n) is 7.76. The minimum Gasteiger partial charge on any atom is -0.394 e. The van der Waals surface area contributed by atoms with E-state index in [-0.39, 0.29) is 17.6 Å². The van der Waals surface area contributed by atoms with Crippen molar-refractivity contribution in [3.63, 3.8) is 0 Å². The molecule has 0 aromatic carbocycles. The van der Waals surface area contributed by atoms with Crippen molar-refractivity contribution in [1.29, 1.82) is 0 Å². The van der Waals surface area contributed by atoms with Crippen LogP contribution in [0, 0.1) is 11.3 Å². The van der Waals surface area contributed by atoms with Crippen molar-refractivity contribution < 1.29 is 13.9 Å². The number of aliphatic hydroxyl groups is 1. The molecule has 1 saturated carbocycles. The molecule has 0 saturated heterocycles. The molecule has 2 atom stereocenters. The van der Waals surface area contributed by atoms with Gasteiger partial charge in [0.25, 0.3) is 6.43 Å². The molecule has 0 aliphatic heterocycles. The van der Waals surface area contributed by atoms with E-state index < -0.39 is 13.0 Å². The minimum absolute atomic E-state index is 0.0315. The van der Waals surface area contributed by atoms with Gasteiger partial charge in [-0.15, -0.1) is 0 Å². The summed E-state index contributed by atoms with van der Waals surface area (Å²) in [5.41, 5.74) is -0.243. The summed E-state index contributed by atoms with van der Waals surface area (Å²) in [7, 11) is 0. The van der Waals surface area contributed by atoms with Gasteiger partial charge in [0.05, 0.1) is 13.2 Å². The van der Waals surface area contributed by atoms with Crippen LogP contribution < -0.4 is 5.32 Å². The lowest BCUT2D eigenvalue weighted by atomic mass is 9.64. The second-order valence-corrected chi connectivity index (χ2v) is 7.40. The number of halogens is 2. The van der Waals surface area contributed by atoms with Crippen LogP contribution in [0.3, 0.4) is 0 Å². The molecule has 0 radical (unpaired) electrons. The van der Waals surface area contributed by atoms with E-state index in [2.05, 4.69) is 36.2 Å². The lowest BCUT2D eigenvalue weighted by Gasteiger charge is -2.47. The number of hydrogen-bond donors (Lipinski definition) is 2. The van der Waals surface area contributed by atoms with E-state index >= 15 is 0 Å². The fourth-order valence-electron chi connectivity index (χ4n) is 4.03. The molecule has 22 heavy (non-hydrogen) atoms. The van der Waals surface area contributed by atoms with Crippen molar-refractivity contribution in [2.45, 2.75) is 65.1 Å². The maximum Gasteiger partial charge on any atom is 0.257 e. The van der Waals surface area contributed by atoms with Crippen molar-refractivity contribution in [3.8, 4) is 0 Å². The second-order valence-electron chi connectivity index (χ2n) is 7.40. The highest BCUT2D eigenvalue weighted by Crippen LogP contribution is 2.43. The molecule has 0 unspecified atom stereocenters. The lowest BCUT2D eigenvalue weighted by molar-refractivity contribution is 0.0343. The highest BCUT2D eigenvalue weighted by atomic mass is 19.3. The normalized spacial score (nSPS) is 28.2. The molecule has 126 valence electrons. The summed E-state index contributed by atoms with van der Waals surface area (Å²) in [6.45, 7) is 6.50. The van der Waals surface area contributed by atoms with Gasteiger partial charge >= 0.3 is 0 Å². The van der Waals surface area contributed by atoms with E-state index in [1.54, 1.807) is 0 Å². The second kappa shape index (κ2) is 6.58. The lowest BCUT2D eigenvalue weighted by Crippen LogP contribution is -2.55. The molecule has 1 aliphatic rings. The van der Waals surface area contributed by atoms with Crippen LogP contribution >= 0.6 is 0 Å². The number of nitrogens with one attached hydrogen (secondary N) is 1. The Morgan fingerprint density at radius 1 is 1.45 bits per heavy atom. The molecule has 1 fully saturated rings. The zero-order chi connectivity index (χ0) is 16.4. The van der Waals surface area contributed by atoms with E-state index in [4.69, 9.17) is 0 Å². The van der Waals surface area contributed by atoms with Crippen molar-refractivity contribution in [2.75, 3.05) is 6.61 Å². The molecule has 7 heteroatoms. The van der Waals surface area contributed by atoms with Crippen LogP contribution in [-0.4, -0.2) is 38.4 Å². The van der Waals surface area contributed by atoms with Crippen LogP contribution in [-0.2, 0) is 13.1 Å². The van der Waals surface area contributed by atoms with Gasteiger partial charge in [-0.3, -0.25) is 0 Å². The topological polar surface area (TPSA) is 63.0 Å². The molecule has 0 spiro atoms. The molecule has 5 nitrogen and oxygen atoms in total. The first-order chi connectivity index (χ1) is 10.3. The standard InChI is InChI=1S/C15H26F2N4O/c1-11-4-14(2,3)8-15(5-11,9-22)19-6-13-18-10-20-21(13)7-12(16)17/h10-12,19,22H,4-9H2,1-3H3/t11-,15+/m1/s1. The summed E-state index contributed by atoms with van der Waals surface area (Å²) in [6.07, 6.45) is 1.68. The summed E-state index contributed by atoms with van der Waals surface area (Å²) in [5, 5.41) is 17.1. The minimum atomic E-state index is -2.46. The predicted octanol–water partition coefficient (Wildman–Crippen LogP) is 2.21. The highest BCUT2D eigenvalue weighted by Gasteiger charge is 2.42. The molecular weight excluding hydrogens is 290 g/mol. The number of aliphatic hydroxyl groups excluding tert-OH is 1. The summed E-state index contributed by atoms with van der Waals surface area (Å²) in [5.74, 6) is 0.978. The van der Waals surface area contributed by atoms with E-state index in [1.807, 2.05) is 0 Å². The molecule has 1 aliphatic carbocycles. The summed E-state index contributed by atoms with van der Waals surface area (Å²) in [6, 6.07) is 0. The fourth-order valence-corrected chi connectivity index (χ4v) is 4.03. The van der Waals surface area contributed by atoms with Crippen LogP contribution in [0.2, 0.25) is 0 Å². The van der Waals surface area contributed by atoms with Crippen LogP contribution in [0.1, 0.15) is 45.9 Å². The number of hydrogen-bond acceptors (Lipinski definition) is 4. The van der Waals surface area contributed by atoms with Crippen LogP contribution in [0.4, 0.5) is 8.78 Å². The Hall–Kier alpha value is -1.08. The third kappa shape index (κ3) is 4.23. The highest BCUT2D eigenvalue weighted by molar-refractivity contribution is 5.00. The monoisotopic (exact) mass is 316 g/mol. The van der Waals surface area contributed by atoms with Gasteiger partial charge in [-0.1, -0.05) is 20.8 Å². The van der Waals surface area contributed by atoms with E-state index in [1.165, 1.54) is 11.0 Å². The van der Waals surface area contributed by atoms with Crippen molar-refractivity contribution >= 4 is 0 Å². The van der Waals surface area contributed by atoms with Gasteiger partial charge in [-0.05, 0) is 30.6 Å². The van der Waals surface area contributed by atoms with Gasteiger partial charge < -0.3 is 10.4 Å². The average Bonchev–Trinajstić information content (AvgIpc) is 2.80. The molecule has 0 amide bonds. The van der Waals surface area contributed by atoms with Crippen molar-refractivity contribution in [2.24, 2.45) is 11.3 Å². The van der Waals surface area contributed by atoms with Gasteiger partial charge in [0.2, 0.25) is 0 Å². The van der Waals surface area contributed by atoms with Gasteiger partial charge in [0, 0.05) is 5.54 Å². The number of rotatable bonds is 6. The predicted molar refractivity (Wildman–Crippen MR) is 79.5 cm³/mol. The quantitative estimate of drug-likeness (QED) is 0.845. The first kappa shape index (κ1) is 17.3. The summed E-state index contributed by atoms with van der Waals surface area (Å²) in [4.78, 5) is 4.05. The Balaban J connectivity index is 2.06. The molecule has 2 rings (SSSR count). The van der Waals surface area contributed by atoms with Crippen LogP contribution in [0.15, 0.2) is 6.33 Å². The Bertz CT molecular complexity index is 492. The van der Waals surface area contributed by atoms with Gasteiger partial charge in [0.15, 0.2) is 0 Å². The maximum atomic E-state index is 12.5. The largest absolute Gasteiger partial charge is 0.394 e. The molecule has 2 N–H and O–H groups in total. The molecule has 1 aromatic heterocycles.